The van der Waals surface area contributed by atoms with Gasteiger partial charge < -0.3 is 9.05 Å². The van der Waals surface area contributed by atoms with Crippen LogP contribution in [0.15, 0.2) is 48.5 Å². The van der Waals surface area contributed by atoms with Crippen LogP contribution in [-0.2, 0) is 32.5 Å². The van der Waals surface area contributed by atoms with E-state index in [1.54, 1.807) is 0 Å². The van der Waals surface area contributed by atoms with E-state index in [1.165, 1.54) is 27.8 Å². The van der Waals surface area contributed by atoms with Gasteiger partial charge in [-0.05, 0) is 77.6 Å². The summed E-state index contributed by atoms with van der Waals surface area (Å²) < 4.78 is 13.5. The monoisotopic (exact) mass is 692 g/mol. The summed E-state index contributed by atoms with van der Waals surface area (Å²) in [7, 11) is -1.82. The predicted molar refractivity (Wildman–Crippen MR) is 213 cm³/mol. The van der Waals surface area contributed by atoms with Crippen molar-refractivity contribution in [1.29, 1.82) is 0 Å². The highest BCUT2D eigenvalue weighted by Crippen LogP contribution is 2.53. The Bertz CT molecular complexity index is 1560. The molecule has 3 aromatic carbocycles. The summed E-state index contributed by atoms with van der Waals surface area (Å²) in [6.45, 7) is 43.1. The van der Waals surface area contributed by atoms with Crippen molar-refractivity contribution in [2.45, 2.75) is 170 Å². The van der Waals surface area contributed by atoms with Crippen LogP contribution in [0.5, 0.6) is 11.5 Å². The van der Waals surface area contributed by atoms with E-state index >= 15 is 0 Å². The number of benzene rings is 3. The van der Waals surface area contributed by atoms with Gasteiger partial charge in [0.15, 0.2) is 0 Å². The smallest absolute Gasteiger partial charge is 0.401 e. The van der Waals surface area contributed by atoms with E-state index in [1.807, 2.05) is 0 Å². The second kappa shape index (κ2) is 13.6. The van der Waals surface area contributed by atoms with E-state index in [-0.39, 0.29) is 38.4 Å². The number of halogens is 1. The molecule has 0 N–H and O–H groups in total. The van der Waals surface area contributed by atoms with Crippen LogP contribution in [0.2, 0.25) is 0 Å². The fraction of sp³-hybridized carbons (Fsp3) is 0.591. The molecule has 266 valence electrons. The lowest BCUT2D eigenvalue weighted by molar-refractivity contribution is 0.466. The van der Waals surface area contributed by atoms with Crippen LogP contribution in [0.25, 0.3) is 0 Å². The summed E-state index contributed by atoms with van der Waals surface area (Å²) in [6.07, 6.45) is 0. The molecule has 0 radical (unpaired) electrons. The summed E-state index contributed by atoms with van der Waals surface area (Å²) in [5.41, 5.74) is 9.67. The highest BCUT2D eigenvalue weighted by atomic mass is 35.7. The van der Waals surface area contributed by atoms with Crippen LogP contribution < -0.4 is 9.05 Å². The summed E-state index contributed by atoms with van der Waals surface area (Å²) in [6, 6.07) is 18.4. The molecular weight excluding hydrogens is 627 g/mol. The fourth-order valence-electron chi connectivity index (χ4n) is 5.84. The molecule has 4 heteroatoms. The van der Waals surface area contributed by atoms with Gasteiger partial charge in [0, 0.05) is 22.6 Å². The molecule has 0 aromatic heterocycles. The topological polar surface area (TPSA) is 18.5 Å². The maximum absolute atomic E-state index is 7.17. The molecule has 0 spiro atoms. The van der Waals surface area contributed by atoms with Gasteiger partial charge >= 0.3 is 7.73 Å². The highest BCUT2D eigenvalue weighted by molar-refractivity contribution is 7.76. The van der Waals surface area contributed by atoms with E-state index in [4.69, 9.17) is 20.3 Å². The minimum absolute atomic E-state index is 0.0183. The summed E-state index contributed by atoms with van der Waals surface area (Å²) in [4.78, 5) is 0. The molecule has 0 saturated heterocycles. The first-order valence-corrected chi connectivity index (χ1v) is 19.8. The molecule has 3 aromatic rings. The van der Waals surface area contributed by atoms with Crippen LogP contribution >= 0.6 is 19.0 Å². The highest BCUT2D eigenvalue weighted by Gasteiger charge is 2.32. The van der Waals surface area contributed by atoms with E-state index in [2.05, 4.69) is 180 Å². The first kappa shape index (κ1) is 40.4. The van der Waals surface area contributed by atoms with Gasteiger partial charge in [0.1, 0.15) is 11.5 Å². The molecule has 0 aliphatic heterocycles. The van der Waals surface area contributed by atoms with Crippen molar-refractivity contribution in [2.75, 3.05) is 0 Å². The van der Waals surface area contributed by atoms with Gasteiger partial charge in [-0.15, -0.1) is 0 Å². The zero-order valence-electron chi connectivity index (χ0n) is 33.8. The Balaban J connectivity index is 2.27. The Labute approximate surface area is 301 Å². The van der Waals surface area contributed by atoms with Crippen LogP contribution in [0, 0.1) is 0 Å². The molecule has 0 fully saturated rings. The summed E-state index contributed by atoms with van der Waals surface area (Å²) in [5, 5.41) is 0. The molecule has 0 saturated carbocycles. The zero-order chi connectivity index (χ0) is 37.0. The number of hydrogen-bond donors (Lipinski definition) is 0. The van der Waals surface area contributed by atoms with Gasteiger partial charge in [-0.3, -0.25) is 0 Å². The Morgan fingerprint density at radius 2 is 0.896 bits per heavy atom. The lowest BCUT2D eigenvalue weighted by Gasteiger charge is -2.32. The second-order valence-electron chi connectivity index (χ2n) is 20.1. The predicted octanol–water partition coefficient (Wildman–Crippen LogP) is 14.5. The molecule has 2 unspecified atom stereocenters. The van der Waals surface area contributed by atoms with Crippen molar-refractivity contribution < 1.29 is 9.05 Å². The average Bonchev–Trinajstić information content (AvgIpc) is 2.89. The molecule has 3 rings (SSSR count). The van der Waals surface area contributed by atoms with Crippen LogP contribution in [-0.4, -0.2) is 0 Å². The van der Waals surface area contributed by atoms with Gasteiger partial charge in [-0.1, -0.05) is 174 Å². The minimum Gasteiger partial charge on any atom is -0.427 e. The summed E-state index contributed by atoms with van der Waals surface area (Å²) >= 11 is 7.17. The van der Waals surface area contributed by atoms with Gasteiger partial charge in [-0.2, -0.15) is 0 Å². The van der Waals surface area contributed by atoms with Crippen LogP contribution in [0.4, 0.5) is 0 Å². The molecule has 2 nitrogen and oxygen atoms in total. The average molecular weight is 693 g/mol. The lowest BCUT2D eigenvalue weighted by Crippen LogP contribution is -2.20. The SMILES string of the molecule is CC(c1cc(C(C)(C)C)cc(C(C)(C)C)c1)c1cc(C(C)(C)C)cc(C(C)(C)C)c1OP(Cl)Oc1ccc(C(C)(C)C)cc1C(C)(C)C. The largest absolute Gasteiger partial charge is 0.427 e. The van der Waals surface area contributed by atoms with Crippen LogP contribution in [0.3, 0.4) is 0 Å². The van der Waals surface area contributed by atoms with E-state index < -0.39 is 7.73 Å². The van der Waals surface area contributed by atoms with E-state index in [9.17, 15) is 0 Å². The van der Waals surface area contributed by atoms with Gasteiger partial charge in [0.2, 0.25) is 0 Å². The molecule has 0 aliphatic carbocycles. The Morgan fingerprint density at radius 3 is 1.31 bits per heavy atom. The maximum atomic E-state index is 7.17. The van der Waals surface area contributed by atoms with Gasteiger partial charge in [0.05, 0.1) is 0 Å². The quantitative estimate of drug-likeness (QED) is 0.239. The fourth-order valence-corrected chi connectivity index (χ4v) is 6.97. The normalized spacial score (nSPS) is 14.9. The van der Waals surface area contributed by atoms with Crippen molar-refractivity contribution in [1.82, 2.24) is 0 Å². The van der Waals surface area contributed by atoms with Crippen LogP contribution in [0.1, 0.15) is 182 Å². The third-order valence-corrected chi connectivity index (χ3v) is 10.5. The standard InChI is InChI=1S/C44H66ClO2P/c1-28(29-22-31(40(5,6)7)24-32(23-29)41(8,9)10)34-25-33(42(11,12)13)27-36(44(17,18)19)38(34)47-48(45)46-37-21-20-30(39(2,3)4)26-35(37)43(14,15)16/h20-28H,1-19H3. The molecule has 0 heterocycles. The van der Waals surface area contributed by atoms with E-state index in [0.717, 1.165) is 28.2 Å². The molecular formula is C44H66ClO2P. The second-order valence-corrected chi connectivity index (χ2v) is 21.7. The van der Waals surface area contributed by atoms with Crippen molar-refractivity contribution in [3.8, 4) is 11.5 Å². The number of hydrogen-bond acceptors (Lipinski definition) is 2. The number of rotatable bonds is 6. The molecule has 0 bridgehead atoms. The van der Waals surface area contributed by atoms with Crippen molar-refractivity contribution >= 4 is 19.0 Å². The van der Waals surface area contributed by atoms with Crippen molar-refractivity contribution in [2.24, 2.45) is 0 Å². The third-order valence-electron chi connectivity index (χ3n) is 9.43. The summed E-state index contributed by atoms with van der Waals surface area (Å²) in [5.74, 6) is 1.68. The maximum Gasteiger partial charge on any atom is 0.401 e. The lowest BCUT2D eigenvalue weighted by atomic mass is 9.75. The minimum atomic E-state index is -1.82. The zero-order valence-corrected chi connectivity index (χ0v) is 35.5. The molecule has 2 atom stereocenters. The molecule has 0 aliphatic rings. The van der Waals surface area contributed by atoms with Gasteiger partial charge in [-0.25, -0.2) is 0 Å². The molecule has 48 heavy (non-hydrogen) atoms. The Morgan fingerprint density at radius 1 is 0.479 bits per heavy atom. The Kier molecular flexibility index (Phi) is 11.5. The van der Waals surface area contributed by atoms with E-state index in [0.29, 0.717) is 0 Å². The first-order valence-electron chi connectivity index (χ1n) is 17.7. The van der Waals surface area contributed by atoms with Crippen molar-refractivity contribution in [3.05, 3.63) is 93.0 Å². The Hall–Kier alpha value is -2.02. The first-order chi connectivity index (χ1) is 21.4. The molecule has 0 amide bonds. The van der Waals surface area contributed by atoms with Crippen molar-refractivity contribution in [3.63, 3.8) is 0 Å². The van der Waals surface area contributed by atoms with Gasteiger partial charge in [0.25, 0.3) is 0 Å². The third kappa shape index (κ3) is 9.82.